The van der Waals surface area contributed by atoms with Gasteiger partial charge in [-0.2, -0.15) is 0 Å². The Morgan fingerprint density at radius 1 is 1.69 bits per heavy atom. The first-order valence-corrected chi connectivity index (χ1v) is 7.21. The predicted octanol–water partition coefficient (Wildman–Crippen LogP) is 4.79. The first-order valence-electron chi connectivity index (χ1n) is 4.79. The second-order valence-corrected chi connectivity index (χ2v) is 6.15. The van der Waals surface area contributed by atoms with Crippen molar-refractivity contribution in [1.82, 2.24) is 0 Å². The molecule has 1 rings (SSSR count). The Balaban J connectivity index is 2.46. The normalized spacial score (nSPS) is 12.5. The van der Waals surface area contributed by atoms with Gasteiger partial charge in [0.2, 0.25) is 0 Å². The molecule has 0 radical (unpaired) electrons. The van der Waals surface area contributed by atoms with Crippen LogP contribution in [0.5, 0.6) is 0 Å². The number of esters is 1. The fourth-order valence-corrected chi connectivity index (χ4v) is 3.19. The summed E-state index contributed by atoms with van der Waals surface area (Å²) < 4.78 is 6.35. The van der Waals surface area contributed by atoms with Crippen LogP contribution in [0, 0.1) is 0 Å². The number of rotatable bonds is 5. The highest BCUT2D eigenvalue weighted by Gasteiger charge is 2.15. The summed E-state index contributed by atoms with van der Waals surface area (Å²) in [7, 11) is 0. The molecule has 0 aliphatic carbocycles. The first kappa shape index (κ1) is 14.3. The maximum atomic E-state index is 11.1. The third-order valence-electron chi connectivity index (χ3n) is 1.88. The van der Waals surface area contributed by atoms with Crippen molar-refractivity contribution in [2.45, 2.75) is 25.1 Å². The molecule has 0 N–H and O–H groups in total. The Kier molecular flexibility index (Phi) is 6.11. The zero-order valence-corrected chi connectivity index (χ0v) is 12.5. The van der Waals surface area contributed by atoms with Gasteiger partial charge in [-0.15, -0.1) is 22.9 Å². The lowest BCUT2D eigenvalue weighted by Crippen LogP contribution is -2.04. The summed E-state index contributed by atoms with van der Waals surface area (Å²) >= 11 is 16.8. The zero-order chi connectivity index (χ0) is 12.1. The largest absolute Gasteiger partial charge is 0.466 e. The third-order valence-corrected chi connectivity index (χ3v) is 5.05. The summed E-state index contributed by atoms with van der Waals surface area (Å²) in [5.41, 5.74) is 0. The molecule has 16 heavy (non-hydrogen) atoms. The first-order chi connectivity index (χ1) is 7.54. The van der Waals surface area contributed by atoms with Gasteiger partial charge in [-0.1, -0.05) is 11.6 Å². The second kappa shape index (κ2) is 6.84. The van der Waals surface area contributed by atoms with E-state index in [1.165, 1.54) is 11.3 Å². The number of hydrogen-bond donors (Lipinski definition) is 0. The Bertz CT molecular complexity index is 348. The quantitative estimate of drug-likeness (QED) is 0.566. The lowest BCUT2D eigenvalue weighted by Gasteiger charge is -2.06. The molecule has 1 unspecified atom stereocenters. The van der Waals surface area contributed by atoms with Crippen LogP contribution in [0.3, 0.4) is 0 Å². The minimum Gasteiger partial charge on any atom is -0.466 e. The summed E-state index contributed by atoms with van der Waals surface area (Å²) in [6.45, 7) is 2.19. The molecule has 1 aromatic heterocycles. The number of thiophene rings is 1. The summed E-state index contributed by atoms with van der Waals surface area (Å²) in [5, 5.41) is -0.196. The van der Waals surface area contributed by atoms with Gasteiger partial charge in [0.05, 0.1) is 12.0 Å². The molecule has 0 saturated heterocycles. The fraction of sp³-hybridized carbons (Fsp3) is 0.500. The molecular formula is C10H11BrCl2O2S. The highest BCUT2D eigenvalue weighted by Crippen LogP contribution is 2.39. The molecule has 1 atom stereocenters. The van der Waals surface area contributed by atoms with Crippen molar-refractivity contribution in [3.63, 3.8) is 0 Å². The van der Waals surface area contributed by atoms with Gasteiger partial charge in [0.15, 0.2) is 0 Å². The lowest BCUT2D eigenvalue weighted by atomic mass is 10.2. The standard InChI is InChI=1S/C10H11BrCl2O2S/c1-2-15-9(14)4-3-7(12)8-5-6(11)10(13)16-8/h5,7H,2-4H2,1H3. The van der Waals surface area contributed by atoms with E-state index in [2.05, 4.69) is 15.9 Å². The molecule has 0 amide bonds. The van der Waals surface area contributed by atoms with Gasteiger partial charge in [0, 0.05) is 15.8 Å². The maximum absolute atomic E-state index is 11.1. The van der Waals surface area contributed by atoms with Crippen LogP contribution in [-0.4, -0.2) is 12.6 Å². The van der Waals surface area contributed by atoms with Crippen LogP contribution in [0.1, 0.15) is 30.0 Å². The van der Waals surface area contributed by atoms with E-state index in [1.807, 2.05) is 6.07 Å². The van der Waals surface area contributed by atoms with E-state index in [1.54, 1.807) is 6.92 Å². The van der Waals surface area contributed by atoms with Crippen molar-refractivity contribution < 1.29 is 9.53 Å². The monoisotopic (exact) mass is 344 g/mol. The van der Waals surface area contributed by atoms with Crippen LogP contribution in [0.15, 0.2) is 10.5 Å². The van der Waals surface area contributed by atoms with Crippen molar-refractivity contribution in [3.8, 4) is 0 Å². The summed E-state index contributed by atoms with van der Waals surface area (Å²) in [5.74, 6) is -0.213. The number of hydrogen-bond acceptors (Lipinski definition) is 3. The Morgan fingerprint density at radius 2 is 2.38 bits per heavy atom. The van der Waals surface area contributed by atoms with Crippen LogP contribution in [0.2, 0.25) is 4.34 Å². The molecule has 6 heteroatoms. The highest BCUT2D eigenvalue weighted by molar-refractivity contribution is 9.10. The molecule has 90 valence electrons. The smallest absolute Gasteiger partial charge is 0.305 e. The molecule has 0 aliphatic rings. The SMILES string of the molecule is CCOC(=O)CCC(Cl)c1cc(Br)c(Cl)s1. The molecule has 2 nitrogen and oxygen atoms in total. The Morgan fingerprint density at radius 3 is 2.88 bits per heavy atom. The van der Waals surface area contributed by atoms with E-state index in [0.717, 1.165) is 9.35 Å². The summed E-state index contributed by atoms with van der Waals surface area (Å²) in [6.07, 6.45) is 0.888. The number of carbonyl (C=O) groups excluding carboxylic acids is 1. The van der Waals surface area contributed by atoms with Crippen molar-refractivity contribution in [2.24, 2.45) is 0 Å². The Hall–Kier alpha value is 0.230. The molecule has 1 heterocycles. The topological polar surface area (TPSA) is 26.3 Å². The van der Waals surface area contributed by atoms with E-state index in [-0.39, 0.29) is 11.3 Å². The van der Waals surface area contributed by atoms with E-state index in [4.69, 9.17) is 27.9 Å². The zero-order valence-electron chi connectivity index (χ0n) is 8.63. The Labute approximate surface area is 117 Å². The molecule has 0 aliphatic heterocycles. The van der Waals surface area contributed by atoms with Gasteiger partial charge in [0.25, 0.3) is 0 Å². The predicted molar refractivity (Wildman–Crippen MR) is 71.5 cm³/mol. The van der Waals surface area contributed by atoms with Crippen molar-refractivity contribution >= 4 is 56.4 Å². The average Bonchev–Trinajstić information content (AvgIpc) is 2.56. The van der Waals surface area contributed by atoms with Crippen molar-refractivity contribution in [1.29, 1.82) is 0 Å². The second-order valence-electron chi connectivity index (χ2n) is 3.08. The van der Waals surface area contributed by atoms with Crippen LogP contribution in [-0.2, 0) is 9.53 Å². The summed E-state index contributed by atoms with van der Waals surface area (Å²) in [4.78, 5) is 12.1. The van der Waals surface area contributed by atoms with Crippen molar-refractivity contribution in [3.05, 3.63) is 19.8 Å². The molecule has 0 aromatic carbocycles. The molecule has 0 bridgehead atoms. The molecular weight excluding hydrogens is 335 g/mol. The number of alkyl halides is 1. The fourth-order valence-electron chi connectivity index (χ4n) is 1.14. The van der Waals surface area contributed by atoms with Crippen LogP contribution in [0.4, 0.5) is 0 Å². The average molecular weight is 346 g/mol. The van der Waals surface area contributed by atoms with Gasteiger partial charge in [0.1, 0.15) is 4.34 Å². The van der Waals surface area contributed by atoms with Gasteiger partial charge in [-0.05, 0) is 35.3 Å². The van der Waals surface area contributed by atoms with Gasteiger partial charge >= 0.3 is 5.97 Å². The molecule has 0 fully saturated rings. The van der Waals surface area contributed by atoms with E-state index < -0.39 is 0 Å². The number of ether oxygens (including phenoxy) is 1. The third kappa shape index (κ3) is 4.24. The molecule has 0 saturated carbocycles. The van der Waals surface area contributed by atoms with Crippen LogP contribution >= 0.6 is 50.5 Å². The number of halogens is 3. The molecule has 0 spiro atoms. The van der Waals surface area contributed by atoms with E-state index in [9.17, 15) is 4.79 Å². The van der Waals surface area contributed by atoms with E-state index in [0.29, 0.717) is 23.8 Å². The van der Waals surface area contributed by atoms with Crippen LogP contribution < -0.4 is 0 Å². The lowest BCUT2D eigenvalue weighted by molar-refractivity contribution is -0.143. The van der Waals surface area contributed by atoms with E-state index >= 15 is 0 Å². The van der Waals surface area contributed by atoms with Crippen LogP contribution in [0.25, 0.3) is 0 Å². The number of carbonyl (C=O) groups is 1. The summed E-state index contributed by atoms with van der Waals surface area (Å²) in [6, 6.07) is 1.88. The van der Waals surface area contributed by atoms with Crippen molar-refractivity contribution in [2.75, 3.05) is 6.61 Å². The minimum absolute atomic E-state index is 0.196. The van der Waals surface area contributed by atoms with Gasteiger partial charge in [-0.25, -0.2) is 0 Å². The van der Waals surface area contributed by atoms with Gasteiger partial charge < -0.3 is 4.74 Å². The van der Waals surface area contributed by atoms with Gasteiger partial charge in [-0.3, -0.25) is 4.79 Å². The highest BCUT2D eigenvalue weighted by atomic mass is 79.9. The maximum Gasteiger partial charge on any atom is 0.305 e. The minimum atomic E-state index is -0.213. The molecule has 1 aromatic rings.